The number of nitrogens with zero attached hydrogens (tertiary/aromatic N) is 6. The molecular weight excluding hydrogens is 489 g/mol. The van der Waals surface area contributed by atoms with Crippen molar-refractivity contribution in [3.63, 3.8) is 0 Å². The smallest absolute Gasteiger partial charge is 0.326 e. The lowest BCUT2D eigenvalue weighted by atomic mass is 10.0. The van der Waals surface area contributed by atoms with Gasteiger partial charge in [-0.2, -0.15) is 9.97 Å². The maximum absolute atomic E-state index is 14.6. The van der Waals surface area contributed by atoms with Crippen LogP contribution in [0.3, 0.4) is 0 Å². The molecule has 4 N–H and O–H groups in total. The lowest BCUT2D eigenvalue weighted by Gasteiger charge is -2.30. The highest BCUT2D eigenvalue weighted by Crippen LogP contribution is 2.38. The molecule has 11 nitrogen and oxygen atoms in total. The molecule has 3 aromatic heterocycles. The number of ether oxygens (including phenoxy) is 1. The summed E-state index contributed by atoms with van der Waals surface area (Å²) in [6.45, 7) is 4.14. The number of aromatic amines is 1. The van der Waals surface area contributed by atoms with Crippen LogP contribution in [0.4, 0.5) is 15.9 Å². The number of H-pyrrole nitrogens is 1. The maximum atomic E-state index is 14.6. The molecule has 2 saturated heterocycles. The van der Waals surface area contributed by atoms with Gasteiger partial charge in [-0.1, -0.05) is 0 Å². The lowest BCUT2D eigenvalue weighted by Crippen LogP contribution is -2.45. The summed E-state index contributed by atoms with van der Waals surface area (Å²) in [7, 11) is 1.73. The molecule has 2 unspecified atom stereocenters. The van der Waals surface area contributed by atoms with Crippen LogP contribution in [-0.4, -0.2) is 75.0 Å². The number of aromatic nitrogens is 5. The number of hydrogen-bond acceptors (Lipinski definition) is 9. The Bertz CT molecular complexity index is 1500. The molecule has 2 fully saturated rings. The van der Waals surface area contributed by atoms with E-state index < -0.39 is 0 Å². The molecular formula is C26H30FN9O2. The van der Waals surface area contributed by atoms with Gasteiger partial charge in [0.05, 0.1) is 34.9 Å². The molecule has 1 amide bonds. The number of hydrogen-bond donors (Lipinski definition) is 3. The first kappa shape index (κ1) is 24.3. The van der Waals surface area contributed by atoms with E-state index in [1.54, 1.807) is 26.4 Å². The van der Waals surface area contributed by atoms with Crippen molar-refractivity contribution in [2.75, 3.05) is 43.4 Å². The van der Waals surface area contributed by atoms with Crippen LogP contribution >= 0.6 is 0 Å². The van der Waals surface area contributed by atoms with Gasteiger partial charge in [0.25, 0.3) is 0 Å². The van der Waals surface area contributed by atoms with Crippen molar-refractivity contribution in [3.8, 4) is 11.8 Å². The van der Waals surface area contributed by atoms with Crippen LogP contribution in [0.5, 0.6) is 11.8 Å². The zero-order valence-electron chi connectivity index (χ0n) is 21.4. The number of likely N-dealkylation sites (tertiary alicyclic amines) is 1. The fraction of sp³-hybridized carbons (Fsp3) is 0.423. The van der Waals surface area contributed by atoms with Gasteiger partial charge in [-0.25, -0.2) is 14.4 Å². The van der Waals surface area contributed by atoms with Gasteiger partial charge < -0.3 is 30.6 Å². The Morgan fingerprint density at radius 2 is 1.92 bits per heavy atom. The van der Waals surface area contributed by atoms with Crippen LogP contribution in [-0.2, 0) is 4.79 Å². The summed E-state index contributed by atoms with van der Waals surface area (Å²) in [5, 5.41) is 4.30. The lowest BCUT2D eigenvalue weighted by molar-refractivity contribution is -0.136. The van der Waals surface area contributed by atoms with Gasteiger partial charge in [0.2, 0.25) is 5.91 Å². The second-order valence-electron chi connectivity index (χ2n) is 9.93. The molecule has 12 heteroatoms. The van der Waals surface area contributed by atoms with Crippen molar-refractivity contribution in [1.82, 2.24) is 29.8 Å². The third-order valence-electron chi connectivity index (χ3n) is 7.37. The molecule has 5 heterocycles. The highest BCUT2D eigenvalue weighted by Gasteiger charge is 2.39. The highest BCUT2D eigenvalue weighted by atomic mass is 19.1. The van der Waals surface area contributed by atoms with E-state index in [9.17, 15) is 9.18 Å². The minimum absolute atomic E-state index is 0.0809. The number of halogens is 1. The molecule has 38 heavy (non-hydrogen) atoms. The van der Waals surface area contributed by atoms with Gasteiger partial charge in [0.15, 0.2) is 5.75 Å². The normalized spacial score (nSPS) is 19.9. The monoisotopic (exact) mass is 519 g/mol. The molecule has 2 aliphatic heterocycles. The third kappa shape index (κ3) is 4.34. The first-order chi connectivity index (χ1) is 18.4. The number of fused-ring (bicyclic) bond motifs is 3. The minimum Gasteiger partial charge on any atom is -0.421 e. The van der Waals surface area contributed by atoms with E-state index in [4.69, 9.17) is 15.5 Å². The molecule has 2 atom stereocenters. The Labute approximate surface area is 218 Å². The molecule has 4 aromatic rings. The number of rotatable bonds is 5. The van der Waals surface area contributed by atoms with E-state index in [-0.39, 0.29) is 29.7 Å². The van der Waals surface area contributed by atoms with Gasteiger partial charge in [-0.3, -0.25) is 4.79 Å². The topological polar surface area (TPSA) is 138 Å². The van der Waals surface area contributed by atoms with E-state index in [0.29, 0.717) is 58.1 Å². The summed E-state index contributed by atoms with van der Waals surface area (Å²) in [5.74, 6) is 0.865. The van der Waals surface area contributed by atoms with Crippen molar-refractivity contribution in [2.24, 2.45) is 11.7 Å². The average Bonchev–Trinajstić information content (AvgIpc) is 3.49. The van der Waals surface area contributed by atoms with E-state index in [1.165, 1.54) is 12.1 Å². The molecule has 6 rings (SSSR count). The number of nitrogens with one attached hydrogen (secondary N) is 2. The zero-order chi connectivity index (χ0) is 26.4. The molecule has 198 valence electrons. The molecule has 0 spiro atoms. The summed E-state index contributed by atoms with van der Waals surface area (Å²) < 4.78 is 20.5. The first-order valence-electron chi connectivity index (χ1n) is 12.9. The van der Waals surface area contributed by atoms with Gasteiger partial charge in [-0.05, 0) is 38.3 Å². The second kappa shape index (κ2) is 9.67. The Hall–Kier alpha value is -4.06. The van der Waals surface area contributed by atoms with Crippen LogP contribution < -0.4 is 20.7 Å². The summed E-state index contributed by atoms with van der Waals surface area (Å²) in [6, 6.07) is 2.60. The van der Waals surface area contributed by atoms with Gasteiger partial charge >= 0.3 is 6.01 Å². The van der Waals surface area contributed by atoms with Crippen molar-refractivity contribution in [1.29, 1.82) is 0 Å². The largest absolute Gasteiger partial charge is 0.421 e. The van der Waals surface area contributed by atoms with Gasteiger partial charge in [0.1, 0.15) is 23.1 Å². The predicted molar refractivity (Wildman–Crippen MR) is 142 cm³/mol. The van der Waals surface area contributed by atoms with Crippen LogP contribution in [0.1, 0.15) is 25.1 Å². The van der Waals surface area contributed by atoms with E-state index in [2.05, 4.69) is 25.3 Å². The van der Waals surface area contributed by atoms with Crippen molar-refractivity contribution >= 4 is 39.3 Å². The Kier molecular flexibility index (Phi) is 6.18. The molecule has 0 aliphatic carbocycles. The van der Waals surface area contributed by atoms with Crippen molar-refractivity contribution in [3.05, 3.63) is 36.2 Å². The number of aryl methyl sites for hydroxylation is 1. The first-order valence-corrected chi connectivity index (χ1v) is 12.9. The van der Waals surface area contributed by atoms with Crippen LogP contribution in [0.25, 0.3) is 21.9 Å². The van der Waals surface area contributed by atoms with E-state index in [1.807, 2.05) is 9.80 Å². The molecule has 2 aliphatic rings. The number of amides is 1. The third-order valence-corrected chi connectivity index (χ3v) is 7.37. The van der Waals surface area contributed by atoms with E-state index in [0.717, 1.165) is 32.4 Å². The fourth-order valence-electron chi connectivity index (χ4n) is 5.45. The van der Waals surface area contributed by atoms with Gasteiger partial charge in [-0.15, -0.1) is 0 Å². The number of piperidine rings is 1. The molecule has 0 radical (unpaired) electrons. The summed E-state index contributed by atoms with van der Waals surface area (Å²) in [4.78, 5) is 38.2. The number of benzene rings is 1. The molecule has 1 aromatic carbocycles. The Morgan fingerprint density at radius 3 is 2.66 bits per heavy atom. The highest BCUT2D eigenvalue weighted by molar-refractivity contribution is 6.14. The van der Waals surface area contributed by atoms with E-state index >= 15 is 0 Å². The average molecular weight is 520 g/mol. The van der Waals surface area contributed by atoms with Crippen LogP contribution in [0.2, 0.25) is 0 Å². The van der Waals surface area contributed by atoms with Crippen LogP contribution in [0, 0.1) is 18.7 Å². The van der Waals surface area contributed by atoms with Crippen molar-refractivity contribution in [2.45, 2.75) is 32.2 Å². The SMILES string of the molecule is CNc1cc(F)cc2c1[nH]c1nc(Oc3cnc(C)nc3)nc(N3CC(N)C(C(=O)N4CCCCC4)C3)c12. The maximum Gasteiger partial charge on any atom is 0.326 e. The van der Waals surface area contributed by atoms with Crippen molar-refractivity contribution < 1.29 is 13.9 Å². The Morgan fingerprint density at radius 1 is 1.16 bits per heavy atom. The number of carbonyl (C=O) groups is 1. The number of nitrogens with two attached hydrogens (primary N) is 1. The summed E-state index contributed by atoms with van der Waals surface area (Å²) >= 11 is 0. The molecule has 0 saturated carbocycles. The number of anilines is 2. The standard InChI is InChI=1S/C26H30FN9O2/c1-14-30-10-16(11-31-14)38-26-33-23-21(17-8-15(27)9-20(29-2)22(17)32-23)24(34-26)36-12-18(19(28)13-36)25(37)35-6-4-3-5-7-35/h8-11,18-19,29H,3-7,12-13,28H2,1-2H3,(H,32,33,34). The predicted octanol–water partition coefficient (Wildman–Crippen LogP) is 2.96. The van der Waals surface area contributed by atoms with Gasteiger partial charge in [0, 0.05) is 44.7 Å². The second-order valence-corrected chi connectivity index (χ2v) is 9.93. The summed E-state index contributed by atoms with van der Waals surface area (Å²) in [6.07, 6.45) is 6.28. The molecule has 0 bridgehead atoms. The van der Waals surface area contributed by atoms with Crippen LogP contribution in [0.15, 0.2) is 24.5 Å². The zero-order valence-corrected chi connectivity index (χ0v) is 21.4. The number of carbonyl (C=O) groups excluding carboxylic acids is 1. The minimum atomic E-state index is -0.387. The summed E-state index contributed by atoms with van der Waals surface area (Å²) in [5.41, 5.74) is 8.30. The fourth-order valence-corrected chi connectivity index (χ4v) is 5.45. The quantitative estimate of drug-likeness (QED) is 0.363. The Balaban J connectivity index is 1.44.